The molecule has 0 aliphatic heterocycles. The van der Waals surface area contributed by atoms with Crippen molar-refractivity contribution in [1.82, 2.24) is 4.98 Å². The Kier molecular flexibility index (Phi) is 3.34. The third-order valence-electron chi connectivity index (χ3n) is 2.25. The lowest BCUT2D eigenvalue weighted by Gasteiger charge is -2.06. The van der Waals surface area contributed by atoms with Gasteiger partial charge in [0.25, 0.3) is 0 Å². The van der Waals surface area contributed by atoms with Crippen LogP contribution >= 0.6 is 0 Å². The number of rotatable bonds is 3. The number of benzene rings is 1. The van der Waals surface area contributed by atoms with Crippen LogP contribution in [0, 0.1) is 27.3 Å². The molecule has 0 radical (unpaired) electrons. The van der Waals surface area contributed by atoms with Gasteiger partial charge in [-0.1, -0.05) is 0 Å². The van der Waals surface area contributed by atoms with Gasteiger partial charge in [0.2, 0.25) is 5.82 Å². The summed E-state index contributed by atoms with van der Waals surface area (Å²) < 4.78 is 18.7. The standard InChI is InChI=1S/C12H6FN3O3/c13-10-5-9(1-2-11(10)16(17)18)19-12-7-15-4-3-8(12)6-14/h1-5,7H. The number of pyridine rings is 1. The molecule has 1 heterocycles. The lowest BCUT2D eigenvalue weighted by atomic mass is 10.2. The highest BCUT2D eigenvalue weighted by molar-refractivity contribution is 5.45. The fourth-order valence-corrected chi connectivity index (χ4v) is 1.38. The van der Waals surface area contributed by atoms with Crippen molar-refractivity contribution >= 4 is 5.69 Å². The van der Waals surface area contributed by atoms with Crippen molar-refractivity contribution in [3.8, 4) is 17.6 Å². The molecule has 0 aliphatic carbocycles. The van der Waals surface area contributed by atoms with Gasteiger partial charge in [0.05, 0.1) is 16.7 Å². The Hall–Kier alpha value is -3.01. The second-order valence-corrected chi connectivity index (χ2v) is 3.46. The minimum absolute atomic E-state index is 0.0487. The van der Waals surface area contributed by atoms with Crippen LogP contribution in [0.3, 0.4) is 0 Å². The number of ether oxygens (including phenoxy) is 1. The molecule has 6 nitrogen and oxygen atoms in total. The Labute approximate surface area is 106 Å². The summed E-state index contributed by atoms with van der Waals surface area (Å²) in [5, 5.41) is 19.3. The zero-order valence-electron chi connectivity index (χ0n) is 9.41. The number of nitriles is 1. The summed E-state index contributed by atoms with van der Waals surface area (Å²) in [6, 6.07) is 6.45. The molecule has 19 heavy (non-hydrogen) atoms. The van der Waals surface area contributed by atoms with Crippen molar-refractivity contribution in [2.45, 2.75) is 0 Å². The molecule has 0 saturated heterocycles. The van der Waals surface area contributed by atoms with Crippen LogP contribution in [0.4, 0.5) is 10.1 Å². The number of aromatic nitrogens is 1. The zero-order chi connectivity index (χ0) is 13.8. The van der Waals surface area contributed by atoms with E-state index in [1.165, 1.54) is 24.5 Å². The van der Waals surface area contributed by atoms with Crippen molar-refractivity contribution in [2.24, 2.45) is 0 Å². The highest BCUT2D eigenvalue weighted by Gasteiger charge is 2.15. The number of hydrogen-bond acceptors (Lipinski definition) is 5. The second kappa shape index (κ2) is 5.10. The number of nitro benzene ring substituents is 1. The molecule has 1 aromatic heterocycles. The molecular weight excluding hydrogens is 253 g/mol. The Bertz CT molecular complexity index is 682. The van der Waals surface area contributed by atoms with Gasteiger partial charge in [0.15, 0.2) is 5.75 Å². The first-order chi connectivity index (χ1) is 9.11. The van der Waals surface area contributed by atoms with E-state index >= 15 is 0 Å². The van der Waals surface area contributed by atoms with Crippen LogP contribution in [0.1, 0.15) is 5.56 Å². The topological polar surface area (TPSA) is 89.0 Å². The van der Waals surface area contributed by atoms with Crippen LogP contribution in [0.5, 0.6) is 11.5 Å². The average Bonchev–Trinajstić information content (AvgIpc) is 2.39. The molecular formula is C12H6FN3O3. The van der Waals surface area contributed by atoms with Gasteiger partial charge in [-0.15, -0.1) is 0 Å². The number of nitrogens with zero attached hydrogens (tertiary/aromatic N) is 3. The van der Waals surface area contributed by atoms with Crippen LogP contribution in [0.2, 0.25) is 0 Å². The monoisotopic (exact) mass is 259 g/mol. The number of hydrogen-bond donors (Lipinski definition) is 0. The smallest absolute Gasteiger partial charge is 0.305 e. The molecule has 0 aliphatic rings. The first-order valence-corrected chi connectivity index (χ1v) is 5.07. The molecule has 0 fully saturated rings. The van der Waals surface area contributed by atoms with E-state index in [2.05, 4.69) is 4.98 Å². The molecule has 94 valence electrons. The molecule has 0 saturated carbocycles. The molecule has 0 spiro atoms. The SMILES string of the molecule is N#Cc1ccncc1Oc1ccc([N+](=O)[O-])c(F)c1. The average molecular weight is 259 g/mol. The molecule has 0 N–H and O–H groups in total. The van der Waals surface area contributed by atoms with Crippen molar-refractivity contribution in [2.75, 3.05) is 0 Å². The van der Waals surface area contributed by atoms with E-state index in [9.17, 15) is 14.5 Å². The van der Waals surface area contributed by atoms with Gasteiger partial charge < -0.3 is 4.74 Å². The van der Waals surface area contributed by atoms with E-state index in [1.807, 2.05) is 6.07 Å². The lowest BCUT2D eigenvalue weighted by Crippen LogP contribution is -1.94. The van der Waals surface area contributed by atoms with Gasteiger partial charge in [-0.25, -0.2) is 0 Å². The zero-order valence-corrected chi connectivity index (χ0v) is 9.41. The maximum Gasteiger partial charge on any atom is 0.305 e. The largest absolute Gasteiger partial charge is 0.454 e. The van der Waals surface area contributed by atoms with Gasteiger partial charge in [0.1, 0.15) is 11.8 Å². The van der Waals surface area contributed by atoms with Crippen molar-refractivity contribution < 1.29 is 14.1 Å². The summed E-state index contributed by atoms with van der Waals surface area (Å²) in [4.78, 5) is 13.4. The molecule has 0 bridgehead atoms. The molecule has 0 unspecified atom stereocenters. The molecule has 1 aromatic carbocycles. The predicted octanol–water partition coefficient (Wildman–Crippen LogP) is 2.79. The second-order valence-electron chi connectivity index (χ2n) is 3.46. The molecule has 2 aromatic rings. The van der Waals surface area contributed by atoms with Gasteiger partial charge in [-0.2, -0.15) is 9.65 Å². The van der Waals surface area contributed by atoms with Crippen LogP contribution in [-0.2, 0) is 0 Å². The van der Waals surface area contributed by atoms with Crippen LogP contribution in [0.15, 0.2) is 36.7 Å². The number of nitro groups is 1. The van der Waals surface area contributed by atoms with E-state index in [0.717, 1.165) is 12.1 Å². The Morgan fingerprint density at radius 3 is 2.84 bits per heavy atom. The Morgan fingerprint density at radius 2 is 2.21 bits per heavy atom. The molecule has 0 atom stereocenters. The minimum Gasteiger partial charge on any atom is -0.454 e. The maximum atomic E-state index is 13.4. The highest BCUT2D eigenvalue weighted by atomic mass is 19.1. The van der Waals surface area contributed by atoms with Crippen LogP contribution in [0.25, 0.3) is 0 Å². The van der Waals surface area contributed by atoms with E-state index in [-0.39, 0.29) is 17.1 Å². The van der Waals surface area contributed by atoms with Gasteiger partial charge in [0, 0.05) is 18.3 Å². The first kappa shape index (κ1) is 12.4. The first-order valence-electron chi connectivity index (χ1n) is 5.07. The fraction of sp³-hybridized carbons (Fsp3) is 0. The predicted molar refractivity (Wildman–Crippen MR) is 62.1 cm³/mol. The van der Waals surface area contributed by atoms with Crippen LogP contribution in [-0.4, -0.2) is 9.91 Å². The van der Waals surface area contributed by atoms with Crippen LogP contribution < -0.4 is 4.74 Å². The van der Waals surface area contributed by atoms with E-state index in [0.29, 0.717) is 0 Å². The van der Waals surface area contributed by atoms with E-state index < -0.39 is 16.4 Å². The normalized spacial score (nSPS) is 9.68. The summed E-state index contributed by atoms with van der Waals surface area (Å²) in [6.07, 6.45) is 2.72. The van der Waals surface area contributed by atoms with Gasteiger partial charge in [-0.05, 0) is 12.1 Å². The maximum absolute atomic E-state index is 13.4. The van der Waals surface area contributed by atoms with E-state index in [1.54, 1.807) is 0 Å². The summed E-state index contributed by atoms with van der Waals surface area (Å²) in [7, 11) is 0. The third kappa shape index (κ3) is 2.63. The molecule has 7 heteroatoms. The van der Waals surface area contributed by atoms with Crippen molar-refractivity contribution in [3.05, 3.63) is 58.2 Å². The molecule has 2 rings (SSSR count). The van der Waals surface area contributed by atoms with Gasteiger partial charge in [-0.3, -0.25) is 15.1 Å². The van der Waals surface area contributed by atoms with Crippen molar-refractivity contribution in [1.29, 1.82) is 5.26 Å². The Morgan fingerprint density at radius 1 is 1.42 bits per heavy atom. The number of halogens is 1. The Balaban J connectivity index is 2.32. The van der Waals surface area contributed by atoms with Gasteiger partial charge >= 0.3 is 5.69 Å². The molecule has 0 amide bonds. The summed E-state index contributed by atoms with van der Waals surface area (Å²) in [5.41, 5.74) is -0.409. The minimum atomic E-state index is -1.01. The highest BCUT2D eigenvalue weighted by Crippen LogP contribution is 2.27. The summed E-state index contributed by atoms with van der Waals surface area (Å²) >= 11 is 0. The van der Waals surface area contributed by atoms with Crippen molar-refractivity contribution in [3.63, 3.8) is 0 Å². The third-order valence-corrected chi connectivity index (χ3v) is 2.25. The fourth-order valence-electron chi connectivity index (χ4n) is 1.38. The van der Waals surface area contributed by atoms with E-state index in [4.69, 9.17) is 10.00 Å². The summed E-state index contributed by atoms with van der Waals surface area (Å²) in [5.74, 6) is -0.809. The lowest BCUT2D eigenvalue weighted by molar-refractivity contribution is -0.387. The quantitative estimate of drug-likeness (QED) is 0.624. The summed E-state index contributed by atoms with van der Waals surface area (Å²) in [6.45, 7) is 0.